The quantitative estimate of drug-likeness (QED) is 0.155. The molecule has 0 N–H and O–H groups in total. The first-order valence-electron chi connectivity index (χ1n) is 20.0. The Balaban J connectivity index is 1.23. The van der Waals surface area contributed by atoms with Crippen LogP contribution < -0.4 is 0 Å². The molecule has 10 aromatic rings. The average Bonchev–Trinajstić information content (AvgIpc) is 3.50. The third kappa shape index (κ3) is 5.44. The molecule has 0 aliphatic heterocycles. The van der Waals surface area contributed by atoms with Crippen molar-refractivity contribution in [2.75, 3.05) is 0 Å². The normalized spacial score (nSPS) is 12.9. The third-order valence-electron chi connectivity index (χ3n) is 12.5. The molecule has 0 saturated carbocycles. The summed E-state index contributed by atoms with van der Waals surface area (Å²) in [6, 6.07) is 76.6. The lowest BCUT2D eigenvalue weighted by Gasteiger charge is -2.24. The van der Waals surface area contributed by atoms with Crippen LogP contribution in [0.15, 0.2) is 206 Å². The zero-order valence-corrected chi connectivity index (χ0v) is 32.1. The van der Waals surface area contributed by atoms with Gasteiger partial charge in [0.1, 0.15) is 0 Å². The van der Waals surface area contributed by atoms with Gasteiger partial charge in [0.15, 0.2) is 0 Å². The van der Waals surface area contributed by atoms with Crippen LogP contribution in [0.2, 0.25) is 0 Å². The van der Waals surface area contributed by atoms with Gasteiger partial charge in [-0.15, -0.1) is 0 Å². The molecule has 0 spiro atoms. The van der Waals surface area contributed by atoms with Crippen LogP contribution in [0.1, 0.15) is 25.0 Å². The van der Waals surface area contributed by atoms with E-state index >= 15 is 0 Å². The standard InChI is InChI=1S/C57H40/c1-57(2)53-20-12-11-19-47(53)49-35-51-52(36-54(49)57)56(43-28-23-41(24-29-43)38-15-7-4-8-16-38)50-34-46(45-30-25-39-17-9-10-18-44(39)33-45)31-32-48(50)55(51)42-26-21-40(22-27-42)37-13-5-3-6-14-37/h3-36H,1-2H3. The van der Waals surface area contributed by atoms with Crippen molar-refractivity contribution in [2.24, 2.45) is 0 Å². The lowest BCUT2D eigenvalue weighted by molar-refractivity contribution is 0.661. The van der Waals surface area contributed by atoms with Gasteiger partial charge in [0, 0.05) is 5.41 Å². The molecule has 1 aliphatic carbocycles. The smallest absolute Gasteiger partial charge is 0.0159 e. The van der Waals surface area contributed by atoms with Crippen molar-refractivity contribution < 1.29 is 0 Å². The Kier molecular flexibility index (Phi) is 7.63. The van der Waals surface area contributed by atoms with Gasteiger partial charge in [-0.05, 0) is 134 Å². The number of benzene rings is 10. The zero-order valence-electron chi connectivity index (χ0n) is 32.1. The maximum atomic E-state index is 2.54. The average molecular weight is 725 g/mol. The molecule has 11 rings (SSSR count). The molecule has 0 heteroatoms. The maximum absolute atomic E-state index is 2.54. The molecule has 0 amide bonds. The van der Waals surface area contributed by atoms with E-state index in [2.05, 4.69) is 220 Å². The van der Waals surface area contributed by atoms with Gasteiger partial charge in [0.05, 0.1) is 0 Å². The summed E-state index contributed by atoms with van der Waals surface area (Å²) < 4.78 is 0. The summed E-state index contributed by atoms with van der Waals surface area (Å²) in [4.78, 5) is 0. The molecule has 0 radical (unpaired) electrons. The van der Waals surface area contributed by atoms with E-state index in [1.807, 2.05) is 0 Å². The minimum atomic E-state index is -0.131. The van der Waals surface area contributed by atoms with Crippen molar-refractivity contribution in [2.45, 2.75) is 19.3 Å². The summed E-state index contributed by atoms with van der Waals surface area (Å²) in [5.41, 5.74) is 17.6. The molecule has 0 heterocycles. The minimum absolute atomic E-state index is 0.131. The van der Waals surface area contributed by atoms with E-state index < -0.39 is 0 Å². The predicted octanol–water partition coefficient (Wildman–Crippen LogP) is 15.8. The first-order valence-corrected chi connectivity index (χ1v) is 20.0. The molecule has 0 aromatic heterocycles. The fourth-order valence-corrected chi connectivity index (χ4v) is 9.51. The molecule has 0 saturated heterocycles. The van der Waals surface area contributed by atoms with E-state index in [9.17, 15) is 0 Å². The van der Waals surface area contributed by atoms with Crippen molar-refractivity contribution in [1.82, 2.24) is 0 Å². The van der Waals surface area contributed by atoms with Gasteiger partial charge in [-0.25, -0.2) is 0 Å². The summed E-state index contributed by atoms with van der Waals surface area (Å²) >= 11 is 0. The molecule has 0 unspecified atom stereocenters. The molecule has 0 nitrogen and oxygen atoms in total. The molecular formula is C57H40. The Hall–Kier alpha value is -7.02. The first-order chi connectivity index (χ1) is 28.0. The Morgan fingerprint density at radius 1 is 0.263 bits per heavy atom. The zero-order chi connectivity index (χ0) is 38.1. The highest BCUT2D eigenvalue weighted by atomic mass is 14.4. The molecule has 0 bridgehead atoms. The molecule has 268 valence electrons. The fourth-order valence-electron chi connectivity index (χ4n) is 9.51. The van der Waals surface area contributed by atoms with Crippen molar-refractivity contribution in [1.29, 1.82) is 0 Å². The Bertz CT molecular complexity index is 3150. The van der Waals surface area contributed by atoms with Gasteiger partial charge < -0.3 is 0 Å². The number of rotatable bonds is 5. The van der Waals surface area contributed by atoms with Crippen LogP contribution in [-0.2, 0) is 5.41 Å². The molecular weight excluding hydrogens is 685 g/mol. The van der Waals surface area contributed by atoms with Crippen LogP contribution in [-0.4, -0.2) is 0 Å². The van der Waals surface area contributed by atoms with Gasteiger partial charge in [0.25, 0.3) is 0 Å². The molecule has 1 aliphatic rings. The monoisotopic (exact) mass is 724 g/mol. The van der Waals surface area contributed by atoms with Gasteiger partial charge in [-0.1, -0.05) is 196 Å². The molecule has 10 aromatic carbocycles. The predicted molar refractivity (Wildman–Crippen MR) is 244 cm³/mol. The van der Waals surface area contributed by atoms with Gasteiger partial charge >= 0.3 is 0 Å². The largest absolute Gasteiger partial charge is 0.0622 e. The van der Waals surface area contributed by atoms with Crippen LogP contribution in [0.3, 0.4) is 0 Å². The first kappa shape index (κ1) is 33.3. The van der Waals surface area contributed by atoms with Crippen molar-refractivity contribution in [3.63, 3.8) is 0 Å². The van der Waals surface area contributed by atoms with E-state index in [1.165, 1.54) is 110 Å². The SMILES string of the molecule is CC1(C)c2ccccc2-c2cc3c(-c4ccc(-c5ccccc5)cc4)c4ccc(-c5ccc6ccccc6c5)cc4c(-c4ccc(-c5ccccc5)cc4)c3cc21. The van der Waals surface area contributed by atoms with Crippen LogP contribution in [0.5, 0.6) is 0 Å². The molecule has 0 fully saturated rings. The summed E-state index contributed by atoms with van der Waals surface area (Å²) in [6.07, 6.45) is 0. The van der Waals surface area contributed by atoms with Gasteiger partial charge in [0.2, 0.25) is 0 Å². The molecule has 0 atom stereocenters. The highest BCUT2D eigenvalue weighted by molar-refractivity contribution is 6.23. The van der Waals surface area contributed by atoms with Gasteiger partial charge in [-0.2, -0.15) is 0 Å². The van der Waals surface area contributed by atoms with Crippen LogP contribution >= 0.6 is 0 Å². The van der Waals surface area contributed by atoms with Gasteiger partial charge in [-0.3, -0.25) is 0 Å². The second-order valence-electron chi connectivity index (χ2n) is 16.1. The van der Waals surface area contributed by atoms with Crippen molar-refractivity contribution in [3.8, 4) is 66.8 Å². The van der Waals surface area contributed by atoms with E-state index in [-0.39, 0.29) is 5.41 Å². The number of hydrogen-bond acceptors (Lipinski definition) is 0. The maximum Gasteiger partial charge on any atom is 0.0159 e. The second kappa shape index (κ2) is 13.0. The second-order valence-corrected chi connectivity index (χ2v) is 16.1. The number of hydrogen-bond donors (Lipinski definition) is 0. The fraction of sp³-hybridized carbons (Fsp3) is 0.0526. The topological polar surface area (TPSA) is 0 Å². The third-order valence-corrected chi connectivity index (χ3v) is 12.5. The lowest BCUT2D eigenvalue weighted by atomic mass is 9.79. The summed E-state index contributed by atoms with van der Waals surface area (Å²) in [5, 5.41) is 7.59. The minimum Gasteiger partial charge on any atom is -0.0622 e. The summed E-state index contributed by atoms with van der Waals surface area (Å²) in [5.74, 6) is 0. The van der Waals surface area contributed by atoms with Crippen LogP contribution in [0, 0.1) is 0 Å². The van der Waals surface area contributed by atoms with Crippen LogP contribution in [0.25, 0.3) is 99.1 Å². The Morgan fingerprint density at radius 3 is 1.39 bits per heavy atom. The van der Waals surface area contributed by atoms with Crippen molar-refractivity contribution >= 4 is 32.3 Å². The van der Waals surface area contributed by atoms with E-state index in [0.717, 1.165) is 0 Å². The number of fused-ring (bicyclic) bond motifs is 6. The lowest BCUT2D eigenvalue weighted by Crippen LogP contribution is -2.14. The van der Waals surface area contributed by atoms with E-state index in [0.29, 0.717) is 0 Å². The van der Waals surface area contributed by atoms with Crippen LogP contribution in [0.4, 0.5) is 0 Å². The Morgan fingerprint density at radius 2 is 0.719 bits per heavy atom. The summed E-state index contributed by atoms with van der Waals surface area (Å²) in [7, 11) is 0. The highest BCUT2D eigenvalue weighted by Gasteiger charge is 2.36. The summed E-state index contributed by atoms with van der Waals surface area (Å²) in [6.45, 7) is 4.78. The van der Waals surface area contributed by atoms with E-state index in [1.54, 1.807) is 0 Å². The molecule has 57 heavy (non-hydrogen) atoms. The van der Waals surface area contributed by atoms with E-state index in [4.69, 9.17) is 0 Å². The van der Waals surface area contributed by atoms with Crippen molar-refractivity contribution in [3.05, 3.63) is 217 Å². The highest BCUT2D eigenvalue weighted by Crippen LogP contribution is 2.53. The Labute approximate surface area is 334 Å².